The van der Waals surface area contributed by atoms with Crippen LogP contribution in [0.3, 0.4) is 0 Å². The van der Waals surface area contributed by atoms with Gasteiger partial charge in [0.05, 0.1) is 6.61 Å². The molecule has 0 N–H and O–H groups in total. The van der Waals surface area contributed by atoms with Crippen molar-refractivity contribution >= 4 is 17.9 Å². The van der Waals surface area contributed by atoms with Crippen LogP contribution in [0.4, 0.5) is 4.39 Å². The highest BCUT2D eigenvalue weighted by atomic mass is 19.1. The summed E-state index contributed by atoms with van der Waals surface area (Å²) in [6.45, 7) is 3.04. The quantitative estimate of drug-likeness (QED) is 0.534. The van der Waals surface area contributed by atoms with Gasteiger partial charge in [0.1, 0.15) is 0 Å². The minimum absolute atomic E-state index is 0.295. The molecular formula is C11H15FO7. The zero-order chi connectivity index (χ0) is 14.6. The van der Waals surface area contributed by atoms with Crippen LogP contribution in [0.25, 0.3) is 0 Å². The van der Waals surface area contributed by atoms with Crippen molar-refractivity contribution in [2.75, 3.05) is 6.61 Å². The molecule has 8 heteroatoms. The average Bonchev–Trinajstić information content (AvgIpc) is 2.25. The van der Waals surface area contributed by atoms with Crippen LogP contribution < -0.4 is 0 Å². The van der Waals surface area contributed by atoms with Crippen molar-refractivity contribution in [1.82, 2.24) is 0 Å². The van der Waals surface area contributed by atoms with Gasteiger partial charge >= 0.3 is 17.9 Å². The molecule has 0 aromatic rings. The zero-order valence-corrected chi connectivity index (χ0v) is 10.8. The fourth-order valence-corrected chi connectivity index (χ4v) is 1.70. The maximum absolute atomic E-state index is 13.6. The van der Waals surface area contributed by atoms with Gasteiger partial charge in [0.2, 0.25) is 6.36 Å². The lowest BCUT2D eigenvalue weighted by atomic mass is 10.1. The SMILES string of the molecule is CC(=O)O[C@@H]1[C@@H](OC(C)=O)[C@H](OC(C)=O)CO[C@H]1F. The van der Waals surface area contributed by atoms with Gasteiger partial charge in [0.15, 0.2) is 18.3 Å². The van der Waals surface area contributed by atoms with E-state index in [0.29, 0.717) is 0 Å². The van der Waals surface area contributed by atoms with Gasteiger partial charge in [0, 0.05) is 20.8 Å². The molecule has 7 nitrogen and oxygen atoms in total. The summed E-state index contributed by atoms with van der Waals surface area (Å²) in [5.41, 5.74) is 0. The molecule has 1 fully saturated rings. The molecule has 1 aliphatic rings. The number of rotatable bonds is 3. The molecule has 0 amide bonds. The van der Waals surface area contributed by atoms with E-state index in [1.807, 2.05) is 0 Å². The number of ether oxygens (including phenoxy) is 4. The first-order valence-electron chi connectivity index (χ1n) is 5.58. The Balaban J connectivity index is 2.89. The molecule has 1 heterocycles. The van der Waals surface area contributed by atoms with Crippen molar-refractivity contribution in [3.63, 3.8) is 0 Å². The molecule has 0 aromatic carbocycles. The summed E-state index contributed by atoms with van der Waals surface area (Å²) in [6, 6.07) is 0. The summed E-state index contributed by atoms with van der Waals surface area (Å²) in [7, 11) is 0. The number of carbonyl (C=O) groups excluding carboxylic acids is 3. The predicted molar refractivity (Wildman–Crippen MR) is 57.5 cm³/mol. The number of alkyl halides is 1. The second kappa shape index (κ2) is 6.46. The highest BCUT2D eigenvalue weighted by Crippen LogP contribution is 2.24. The molecule has 0 aliphatic carbocycles. The van der Waals surface area contributed by atoms with E-state index in [1.54, 1.807) is 0 Å². The predicted octanol–water partition coefficient (Wildman–Crippen LogP) is 0.107. The van der Waals surface area contributed by atoms with Gasteiger partial charge in [0.25, 0.3) is 0 Å². The number of hydrogen-bond acceptors (Lipinski definition) is 7. The van der Waals surface area contributed by atoms with Crippen LogP contribution in [0.2, 0.25) is 0 Å². The zero-order valence-electron chi connectivity index (χ0n) is 10.8. The van der Waals surface area contributed by atoms with Crippen LogP contribution in [0.1, 0.15) is 20.8 Å². The van der Waals surface area contributed by atoms with Gasteiger partial charge in [-0.25, -0.2) is 4.39 Å². The standard InChI is InChI=1S/C11H15FO7/c1-5(13)17-8-4-16-11(12)10(19-7(3)15)9(8)18-6(2)14/h8-11H,4H2,1-3H3/t8-,9+,10-,11-/m1/s1. The summed E-state index contributed by atoms with van der Waals surface area (Å²) in [5, 5.41) is 0. The topological polar surface area (TPSA) is 88.1 Å². The molecule has 0 bridgehead atoms. The van der Waals surface area contributed by atoms with Gasteiger partial charge in [-0.05, 0) is 0 Å². The average molecular weight is 278 g/mol. The fourth-order valence-electron chi connectivity index (χ4n) is 1.70. The summed E-state index contributed by atoms with van der Waals surface area (Å²) in [5.74, 6) is -2.13. The number of carbonyl (C=O) groups is 3. The summed E-state index contributed by atoms with van der Waals surface area (Å²) < 4.78 is 32.8. The smallest absolute Gasteiger partial charge is 0.303 e. The summed E-state index contributed by atoms with van der Waals surface area (Å²) >= 11 is 0. The van der Waals surface area contributed by atoms with Gasteiger partial charge in [-0.1, -0.05) is 0 Å². The van der Waals surface area contributed by atoms with Crippen molar-refractivity contribution < 1.29 is 37.7 Å². The minimum Gasteiger partial charge on any atom is -0.456 e. The van der Waals surface area contributed by atoms with Crippen LogP contribution >= 0.6 is 0 Å². The Bertz CT molecular complexity index is 370. The largest absolute Gasteiger partial charge is 0.456 e. The van der Waals surface area contributed by atoms with E-state index < -0.39 is 42.6 Å². The van der Waals surface area contributed by atoms with E-state index in [1.165, 1.54) is 0 Å². The highest BCUT2D eigenvalue weighted by molar-refractivity contribution is 5.68. The highest BCUT2D eigenvalue weighted by Gasteiger charge is 2.47. The summed E-state index contributed by atoms with van der Waals surface area (Å²) in [4.78, 5) is 32.9. The maximum atomic E-state index is 13.6. The van der Waals surface area contributed by atoms with Crippen LogP contribution in [-0.2, 0) is 33.3 Å². The molecule has 108 valence electrons. The second-order valence-electron chi connectivity index (χ2n) is 3.98. The molecule has 4 atom stereocenters. The Labute approximate surface area is 108 Å². The Morgan fingerprint density at radius 1 is 0.947 bits per heavy atom. The molecule has 19 heavy (non-hydrogen) atoms. The van der Waals surface area contributed by atoms with Gasteiger partial charge < -0.3 is 18.9 Å². The number of hydrogen-bond donors (Lipinski definition) is 0. The molecular weight excluding hydrogens is 263 g/mol. The van der Waals surface area contributed by atoms with Crippen molar-refractivity contribution in [3.05, 3.63) is 0 Å². The molecule has 1 saturated heterocycles. The second-order valence-corrected chi connectivity index (χ2v) is 3.98. The van der Waals surface area contributed by atoms with E-state index in [4.69, 9.17) is 18.9 Å². The van der Waals surface area contributed by atoms with Gasteiger partial charge in [-0.15, -0.1) is 0 Å². The molecule has 0 unspecified atom stereocenters. The first kappa shape index (κ1) is 15.4. The molecule has 0 spiro atoms. The van der Waals surface area contributed by atoms with Crippen molar-refractivity contribution in [3.8, 4) is 0 Å². The van der Waals surface area contributed by atoms with E-state index >= 15 is 0 Å². The first-order valence-corrected chi connectivity index (χ1v) is 5.58. The van der Waals surface area contributed by atoms with Crippen molar-refractivity contribution in [1.29, 1.82) is 0 Å². The van der Waals surface area contributed by atoms with Crippen molar-refractivity contribution in [2.24, 2.45) is 0 Å². The monoisotopic (exact) mass is 278 g/mol. The lowest BCUT2D eigenvalue weighted by Crippen LogP contribution is -2.56. The molecule has 1 rings (SSSR count). The molecule has 0 aromatic heterocycles. The van der Waals surface area contributed by atoms with Crippen LogP contribution in [0.5, 0.6) is 0 Å². The normalized spacial score (nSPS) is 30.3. The van der Waals surface area contributed by atoms with E-state index in [9.17, 15) is 18.8 Å². The molecule has 0 radical (unpaired) electrons. The first-order chi connectivity index (χ1) is 8.81. The van der Waals surface area contributed by atoms with Crippen LogP contribution in [0, 0.1) is 0 Å². The van der Waals surface area contributed by atoms with E-state index in [2.05, 4.69) is 0 Å². The van der Waals surface area contributed by atoms with Gasteiger partial charge in [-0.2, -0.15) is 0 Å². The van der Waals surface area contributed by atoms with E-state index in [-0.39, 0.29) is 6.61 Å². The lowest BCUT2D eigenvalue weighted by molar-refractivity contribution is -0.248. The Morgan fingerprint density at radius 3 is 1.89 bits per heavy atom. The Morgan fingerprint density at radius 2 is 1.42 bits per heavy atom. The van der Waals surface area contributed by atoms with Crippen LogP contribution in [0.15, 0.2) is 0 Å². The third-order valence-corrected chi connectivity index (χ3v) is 2.29. The molecule has 0 saturated carbocycles. The van der Waals surface area contributed by atoms with Gasteiger partial charge in [-0.3, -0.25) is 14.4 Å². The Hall–Kier alpha value is -1.70. The number of halogens is 1. The summed E-state index contributed by atoms with van der Waals surface area (Å²) in [6.07, 6.45) is -5.70. The fraction of sp³-hybridized carbons (Fsp3) is 0.727. The maximum Gasteiger partial charge on any atom is 0.303 e. The number of esters is 3. The van der Waals surface area contributed by atoms with Crippen molar-refractivity contribution in [2.45, 2.75) is 45.4 Å². The van der Waals surface area contributed by atoms with E-state index in [0.717, 1.165) is 20.8 Å². The molecule has 1 aliphatic heterocycles. The third-order valence-electron chi connectivity index (χ3n) is 2.29. The lowest BCUT2D eigenvalue weighted by Gasteiger charge is -2.37. The minimum atomic E-state index is -1.96. The van der Waals surface area contributed by atoms with Crippen LogP contribution in [-0.4, -0.2) is 49.2 Å². The third kappa shape index (κ3) is 4.47. The Kier molecular flexibility index (Phi) is 5.22.